The fourth-order valence-electron chi connectivity index (χ4n) is 4.17. The summed E-state index contributed by atoms with van der Waals surface area (Å²) in [5, 5.41) is 7.17. The van der Waals surface area contributed by atoms with Gasteiger partial charge in [-0.25, -0.2) is 0 Å². The minimum absolute atomic E-state index is 0.351. The summed E-state index contributed by atoms with van der Waals surface area (Å²) in [6.45, 7) is 7.70. The van der Waals surface area contributed by atoms with Crippen LogP contribution in [-0.4, -0.2) is 38.8 Å². The summed E-state index contributed by atoms with van der Waals surface area (Å²) in [4.78, 5) is 0. The highest BCUT2D eigenvalue weighted by molar-refractivity contribution is 4.56. The Bertz CT molecular complexity index is 310. The molecular formula is C27H60N4. The topological polar surface area (TPSA) is 76.1 Å². The van der Waals surface area contributed by atoms with E-state index in [1.54, 1.807) is 0 Å². The molecule has 0 saturated carbocycles. The fraction of sp³-hybridized carbons (Fsp3) is 1.00. The predicted molar refractivity (Wildman–Crippen MR) is 141 cm³/mol. The highest BCUT2D eigenvalue weighted by Crippen LogP contribution is 2.11. The normalized spacial score (nSPS) is 12.5. The zero-order valence-electron chi connectivity index (χ0n) is 21.4. The van der Waals surface area contributed by atoms with E-state index in [0.717, 1.165) is 19.5 Å². The molecule has 0 aliphatic heterocycles. The maximum atomic E-state index is 5.76. The van der Waals surface area contributed by atoms with Crippen molar-refractivity contribution in [3.05, 3.63) is 0 Å². The fourth-order valence-corrected chi connectivity index (χ4v) is 4.17. The second-order valence-corrected chi connectivity index (χ2v) is 9.77. The molecule has 6 N–H and O–H groups in total. The van der Waals surface area contributed by atoms with Crippen molar-refractivity contribution in [3.63, 3.8) is 0 Å². The molecule has 0 spiro atoms. The van der Waals surface area contributed by atoms with Gasteiger partial charge >= 0.3 is 0 Å². The smallest absolute Gasteiger partial charge is 0.00109 e. The van der Waals surface area contributed by atoms with E-state index < -0.39 is 0 Å². The molecule has 0 aliphatic rings. The van der Waals surface area contributed by atoms with Crippen molar-refractivity contribution in [1.29, 1.82) is 0 Å². The van der Waals surface area contributed by atoms with Crippen LogP contribution >= 0.6 is 0 Å². The maximum absolute atomic E-state index is 5.76. The average molecular weight is 441 g/mol. The predicted octanol–water partition coefficient (Wildman–Crippen LogP) is 6.27. The van der Waals surface area contributed by atoms with Gasteiger partial charge in [-0.3, -0.25) is 0 Å². The van der Waals surface area contributed by atoms with Gasteiger partial charge in [-0.05, 0) is 78.2 Å². The average Bonchev–Trinajstić information content (AvgIpc) is 2.76. The van der Waals surface area contributed by atoms with Crippen molar-refractivity contribution in [2.45, 2.75) is 141 Å². The molecule has 188 valence electrons. The van der Waals surface area contributed by atoms with Crippen molar-refractivity contribution in [2.75, 3.05) is 32.7 Å². The third-order valence-corrected chi connectivity index (χ3v) is 6.28. The highest BCUT2D eigenvalue weighted by atomic mass is 14.8. The first-order chi connectivity index (χ1) is 15.3. The van der Waals surface area contributed by atoms with Crippen LogP contribution in [0.3, 0.4) is 0 Å². The van der Waals surface area contributed by atoms with E-state index in [1.165, 1.54) is 142 Å². The molecule has 1 unspecified atom stereocenters. The molecule has 0 radical (unpaired) electrons. The lowest BCUT2D eigenvalue weighted by molar-refractivity contribution is 0.521. The van der Waals surface area contributed by atoms with E-state index in [4.69, 9.17) is 11.5 Å². The molecule has 0 amide bonds. The number of rotatable bonds is 27. The van der Waals surface area contributed by atoms with E-state index in [9.17, 15) is 0 Å². The molecule has 4 nitrogen and oxygen atoms in total. The monoisotopic (exact) mass is 440 g/mol. The largest absolute Gasteiger partial charge is 0.330 e. The van der Waals surface area contributed by atoms with Crippen LogP contribution in [-0.2, 0) is 0 Å². The first-order valence-corrected chi connectivity index (χ1v) is 14.1. The zero-order valence-corrected chi connectivity index (χ0v) is 21.4. The summed E-state index contributed by atoms with van der Waals surface area (Å²) in [5.74, 6) is 0. The van der Waals surface area contributed by atoms with Gasteiger partial charge in [0.25, 0.3) is 0 Å². The van der Waals surface area contributed by atoms with Gasteiger partial charge in [0, 0.05) is 6.04 Å². The lowest BCUT2D eigenvalue weighted by atomic mass is 10.1. The summed E-state index contributed by atoms with van der Waals surface area (Å²) in [7, 11) is 0. The van der Waals surface area contributed by atoms with Crippen molar-refractivity contribution >= 4 is 0 Å². The molecule has 0 rings (SSSR count). The maximum Gasteiger partial charge on any atom is 0.00109 e. The van der Waals surface area contributed by atoms with Crippen LogP contribution in [0.2, 0.25) is 0 Å². The molecule has 0 fully saturated rings. The Morgan fingerprint density at radius 2 is 0.742 bits per heavy atom. The standard InChI is InChI=1S/C27H60N4/c1-27(29)21-20-26-31-25-19-15-11-7-10-14-18-24-30-23-17-13-9-6-4-2-3-5-8-12-16-22-28/h27,30-31H,2-26,28-29H2,1H3. The summed E-state index contributed by atoms with van der Waals surface area (Å²) in [6, 6.07) is 0.351. The molecule has 0 saturated heterocycles. The van der Waals surface area contributed by atoms with Crippen LogP contribution in [0.1, 0.15) is 135 Å². The first kappa shape index (κ1) is 30.8. The quantitative estimate of drug-likeness (QED) is 0.113. The molecule has 0 bridgehead atoms. The van der Waals surface area contributed by atoms with Crippen LogP contribution in [0.15, 0.2) is 0 Å². The van der Waals surface area contributed by atoms with Gasteiger partial charge in [0.05, 0.1) is 0 Å². The van der Waals surface area contributed by atoms with Crippen molar-refractivity contribution < 1.29 is 0 Å². The van der Waals surface area contributed by atoms with Gasteiger partial charge < -0.3 is 22.1 Å². The molecule has 4 heteroatoms. The molecule has 0 aromatic rings. The Balaban J connectivity index is 2.99. The van der Waals surface area contributed by atoms with E-state index in [0.29, 0.717) is 6.04 Å². The summed E-state index contributed by atoms with van der Waals surface area (Å²) < 4.78 is 0. The number of unbranched alkanes of at least 4 members (excludes halogenated alkanes) is 16. The second kappa shape index (κ2) is 27.9. The van der Waals surface area contributed by atoms with Crippen molar-refractivity contribution in [3.8, 4) is 0 Å². The van der Waals surface area contributed by atoms with Gasteiger partial charge in [0.1, 0.15) is 0 Å². The minimum atomic E-state index is 0.351. The van der Waals surface area contributed by atoms with Gasteiger partial charge in [-0.2, -0.15) is 0 Å². The minimum Gasteiger partial charge on any atom is -0.330 e. The molecular weight excluding hydrogens is 380 g/mol. The van der Waals surface area contributed by atoms with Gasteiger partial charge in [0.15, 0.2) is 0 Å². The Morgan fingerprint density at radius 1 is 0.452 bits per heavy atom. The number of hydrogen-bond donors (Lipinski definition) is 4. The number of nitrogens with two attached hydrogens (primary N) is 2. The van der Waals surface area contributed by atoms with E-state index in [1.807, 2.05) is 0 Å². The van der Waals surface area contributed by atoms with Gasteiger partial charge in [-0.1, -0.05) is 89.9 Å². The Labute approximate surface area is 196 Å². The highest BCUT2D eigenvalue weighted by Gasteiger charge is 1.96. The van der Waals surface area contributed by atoms with Gasteiger partial charge in [0.2, 0.25) is 0 Å². The lowest BCUT2D eigenvalue weighted by Gasteiger charge is -2.07. The first-order valence-electron chi connectivity index (χ1n) is 14.1. The third kappa shape index (κ3) is 29.8. The SMILES string of the molecule is CC(N)CCCNCCCCCCCCCNCCCCCCCCCCCCCN. The molecule has 0 aromatic carbocycles. The molecule has 0 aromatic heterocycles. The second-order valence-electron chi connectivity index (χ2n) is 9.77. The van der Waals surface area contributed by atoms with Crippen LogP contribution in [0.4, 0.5) is 0 Å². The Morgan fingerprint density at radius 3 is 1.06 bits per heavy atom. The summed E-state index contributed by atoms with van der Waals surface area (Å²) >= 11 is 0. The van der Waals surface area contributed by atoms with Crippen LogP contribution < -0.4 is 22.1 Å². The number of hydrogen-bond acceptors (Lipinski definition) is 4. The summed E-state index contributed by atoms with van der Waals surface area (Å²) in [5.41, 5.74) is 11.3. The molecule has 0 heterocycles. The lowest BCUT2D eigenvalue weighted by Crippen LogP contribution is -2.20. The molecule has 0 aliphatic carbocycles. The molecule has 31 heavy (non-hydrogen) atoms. The van der Waals surface area contributed by atoms with Crippen LogP contribution in [0, 0.1) is 0 Å². The Hall–Kier alpha value is -0.160. The Kier molecular flexibility index (Phi) is 27.7. The van der Waals surface area contributed by atoms with Crippen LogP contribution in [0.5, 0.6) is 0 Å². The number of nitrogens with one attached hydrogen (secondary N) is 2. The third-order valence-electron chi connectivity index (χ3n) is 6.28. The van der Waals surface area contributed by atoms with Crippen LogP contribution in [0.25, 0.3) is 0 Å². The van der Waals surface area contributed by atoms with Crippen molar-refractivity contribution in [2.24, 2.45) is 11.5 Å². The van der Waals surface area contributed by atoms with E-state index in [2.05, 4.69) is 17.6 Å². The van der Waals surface area contributed by atoms with E-state index in [-0.39, 0.29) is 0 Å². The van der Waals surface area contributed by atoms with Gasteiger partial charge in [-0.15, -0.1) is 0 Å². The van der Waals surface area contributed by atoms with Crippen molar-refractivity contribution in [1.82, 2.24) is 10.6 Å². The van der Waals surface area contributed by atoms with E-state index >= 15 is 0 Å². The molecule has 1 atom stereocenters. The zero-order chi connectivity index (χ0) is 22.7. The summed E-state index contributed by atoms with van der Waals surface area (Å²) in [6.07, 6.45) is 27.3.